The molecule has 1 aromatic heterocycles. The molecule has 0 saturated carbocycles. The van der Waals surface area contributed by atoms with Crippen LogP contribution in [-0.4, -0.2) is 20.1 Å². The molecule has 0 amide bonds. The SMILES string of the molecule is O=[N+]([O-])c1c([C@@H](O)c2cc(Cl)cc(Cl)c2O)[nH]c(Cl)c1Cl. The second kappa shape index (κ2) is 5.90. The number of nitrogens with zero attached hydrogens (tertiary/aromatic N) is 1. The Morgan fingerprint density at radius 2 is 1.86 bits per heavy atom. The first kappa shape index (κ1) is 16.2. The molecule has 10 heteroatoms. The van der Waals surface area contributed by atoms with Crippen molar-refractivity contribution in [2.24, 2.45) is 0 Å². The van der Waals surface area contributed by atoms with Crippen LogP contribution in [0.3, 0.4) is 0 Å². The number of halogens is 4. The molecule has 0 aliphatic rings. The molecule has 21 heavy (non-hydrogen) atoms. The quantitative estimate of drug-likeness (QED) is 0.552. The number of benzene rings is 1. The molecular formula is C11H6Cl4N2O4. The van der Waals surface area contributed by atoms with Gasteiger partial charge in [-0.3, -0.25) is 10.1 Å². The smallest absolute Gasteiger partial charge is 0.313 e. The molecule has 3 N–H and O–H groups in total. The van der Waals surface area contributed by atoms with Crippen LogP contribution in [-0.2, 0) is 0 Å². The van der Waals surface area contributed by atoms with Crippen molar-refractivity contribution in [2.75, 3.05) is 0 Å². The van der Waals surface area contributed by atoms with E-state index in [2.05, 4.69) is 4.98 Å². The molecule has 0 radical (unpaired) electrons. The molecule has 0 aliphatic carbocycles. The van der Waals surface area contributed by atoms with E-state index in [0.29, 0.717) is 0 Å². The summed E-state index contributed by atoms with van der Waals surface area (Å²) in [7, 11) is 0. The zero-order valence-electron chi connectivity index (χ0n) is 9.90. The normalized spacial score (nSPS) is 12.4. The van der Waals surface area contributed by atoms with E-state index in [0.717, 1.165) is 0 Å². The lowest BCUT2D eigenvalue weighted by Gasteiger charge is -2.12. The maximum atomic E-state index is 11.0. The summed E-state index contributed by atoms with van der Waals surface area (Å²) in [5, 5.41) is 30.6. The zero-order valence-corrected chi connectivity index (χ0v) is 12.9. The van der Waals surface area contributed by atoms with Gasteiger partial charge in [0.15, 0.2) is 5.02 Å². The molecular weight excluding hydrogens is 366 g/mol. The number of H-pyrrole nitrogens is 1. The number of phenolic OH excluding ortho intramolecular Hbond substituents is 1. The minimum absolute atomic E-state index is 0.108. The third-order valence-corrected chi connectivity index (χ3v) is 3.96. The van der Waals surface area contributed by atoms with Crippen molar-refractivity contribution in [3.63, 3.8) is 0 Å². The Kier molecular flexibility index (Phi) is 4.55. The van der Waals surface area contributed by atoms with Crippen LogP contribution in [0.4, 0.5) is 5.69 Å². The Morgan fingerprint density at radius 1 is 1.24 bits per heavy atom. The first-order chi connectivity index (χ1) is 9.73. The molecule has 0 saturated heterocycles. The van der Waals surface area contributed by atoms with Gasteiger partial charge < -0.3 is 15.2 Å². The highest BCUT2D eigenvalue weighted by Crippen LogP contribution is 2.43. The first-order valence-corrected chi connectivity index (χ1v) is 6.82. The molecule has 112 valence electrons. The summed E-state index contributed by atoms with van der Waals surface area (Å²) in [6.07, 6.45) is -1.62. The van der Waals surface area contributed by atoms with Crippen molar-refractivity contribution in [2.45, 2.75) is 6.10 Å². The number of aliphatic hydroxyl groups excluding tert-OH is 1. The second-order valence-electron chi connectivity index (χ2n) is 4.00. The number of nitrogens with one attached hydrogen (secondary N) is 1. The van der Waals surface area contributed by atoms with Gasteiger partial charge in [0.05, 0.1) is 9.95 Å². The molecule has 0 unspecified atom stereocenters. The minimum atomic E-state index is -1.62. The average Bonchev–Trinajstić information content (AvgIpc) is 2.69. The van der Waals surface area contributed by atoms with Gasteiger partial charge in [0.2, 0.25) is 0 Å². The van der Waals surface area contributed by atoms with Crippen LogP contribution in [0.5, 0.6) is 5.75 Å². The lowest BCUT2D eigenvalue weighted by atomic mass is 10.0. The highest BCUT2D eigenvalue weighted by molar-refractivity contribution is 6.43. The van der Waals surface area contributed by atoms with Crippen LogP contribution >= 0.6 is 46.4 Å². The monoisotopic (exact) mass is 370 g/mol. The Labute approximate surface area is 138 Å². The van der Waals surface area contributed by atoms with Gasteiger partial charge in [0.1, 0.15) is 22.7 Å². The number of aromatic amines is 1. The molecule has 0 bridgehead atoms. The molecule has 0 spiro atoms. The predicted molar refractivity (Wildman–Crippen MR) is 79.7 cm³/mol. The van der Waals surface area contributed by atoms with Gasteiger partial charge in [-0.05, 0) is 12.1 Å². The van der Waals surface area contributed by atoms with E-state index in [1.54, 1.807) is 0 Å². The summed E-state index contributed by atoms with van der Waals surface area (Å²) >= 11 is 22.9. The van der Waals surface area contributed by atoms with Gasteiger partial charge in [-0.15, -0.1) is 0 Å². The van der Waals surface area contributed by atoms with E-state index in [1.165, 1.54) is 12.1 Å². The van der Waals surface area contributed by atoms with Crippen LogP contribution in [0.15, 0.2) is 12.1 Å². The molecule has 2 aromatic rings. The number of hydrogen-bond acceptors (Lipinski definition) is 4. The summed E-state index contributed by atoms with van der Waals surface area (Å²) in [6, 6.07) is 2.48. The van der Waals surface area contributed by atoms with E-state index >= 15 is 0 Å². The Balaban J connectivity index is 2.63. The van der Waals surface area contributed by atoms with Gasteiger partial charge in [-0.2, -0.15) is 0 Å². The van der Waals surface area contributed by atoms with Gasteiger partial charge in [0, 0.05) is 10.6 Å². The third-order valence-electron chi connectivity index (χ3n) is 2.71. The summed E-state index contributed by atoms with van der Waals surface area (Å²) in [5.74, 6) is -0.454. The van der Waals surface area contributed by atoms with Gasteiger partial charge >= 0.3 is 5.69 Å². The summed E-state index contributed by atoms with van der Waals surface area (Å²) in [5.41, 5.74) is -1.00. The predicted octanol–water partition coefficient (Wildman–Crippen LogP) is 4.32. The number of nitro groups is 1. The Bertz CT molecular complexity index is 731. The number of rotatable bonds is 3. The summed E-state index contributed by atoms with van der Waals surface area (Å²) < 4.78 is 0. The largest absolute Gasteiger partial charge is 0.506 e. The van der Waals surface area contributed by atoms with E-state index in [1.807, 2.05) is 0 Å². The summed E-state index contributed by atoms with van der Waals surface area (Å²) in [6.45, 7) is 0. The molecule has 1 aromatic carbocycles. The van der Waals surface area contributed by atoms with Gasteiger partial charge in [-0.25, -0.2) is 0 Å². The van der Waals surface area contributed by atoms with Gasteiger partial charge in [0.25, 0.3) is 0 Å². The van der Waals surface area contributed by atoms with Crippen molar-refractivity contribution >= 4 is 52.1 Å². The molecule has 0 fully saturated rings. The van der Waals surface area contributed by atoms with E-state index in [4.69, 9.17) is 46.4 Å². The number of aromatic nitrogens is 1. The van der Waals surface area contributed by atoms with Crippen LogP contribution in [0, 0.1) is 10.1 Å². The molecule has 0 aliphatic heterocycles. The molecule has 2 rings (SSSR count). The zero-order chi connectivity index (χ0) is 15.9. The van der Waals surface area contributed by atoms with E-state index in [9.17, 15) is 20.3 Å². The average molecular weight is 372 g/mol. The van der Waals surface area contributed by atoms with Crippen LogP contribution in [0.1, 0.15) is 17.4 Å². The van der Waals surface area contributed by atoms with Crippen LogP contribution in [0.25, 0.3) is 0 Å². The fourth-order valence-corrected chi connectivity index (χ4v) is 2.70. The fraction of sp³-hybridized carbons (Fsp3) is 0.0909. The fourth-order valence-electron chi connectivity index (χ4n) is 1.78. The third kappa shape index (κ3) is 2.90. The second-order valence-corrected chi connectivity index (χ2v) is 5.60. The van der Waals surface area contributed by atoms with Crippen LogP contribution in [0.2, 0.25) is 20.2 Å². The lowest BCUT2D eigenvalue weighted by molar-refractivity contribution is -0.385. The maximum absolute atomic E-state index is 11.0. The van der Waals surface area contributed by atoms with E-state index in [-0.39, 0.29) is 31.5 Å². The lowest BCUT2D eigenvalue weighted by Crippen LogP contribution is -2.04. The summed E-state index contributed by atoms with van der Waals surface area (Å²) in [4.78, 5) is 12.6. The first-order valence-electron chi connectivity index (χ1n) is 5.31. The molecule has 6 nitrogen and oxygen atoms in total. The van der Waals surface area contributed by atoms with E-state index < -0.39 is 22.5 Å². The van der Waals surface area contributed by atoms with Crippen molar-refractivity contribution < 1.29 is 15.1 Å². The molecule has 1 heterocycles. The van der Waals surface area contributed by atoms with Gasteiger partial charge in [-0.1, -0.05) is 46.4 Å². The van der Waals surface area contributed by atoms with Crippen molar-refractivity contribution in [3.05, 3.63) is 53.7 Å². The molecule has 1 atom stereocenters. The topological polar surface area (TPSA) is 99.4 Å². The standard InChI is InChI=1S/C11H6Cl4N2O4/c12-3-1-4(9(18)5(13)2-3)10(19)7-8(17(20)21)6(14)11(15)16-7/h1-2,10,16,18-19H/t10-/m0/s1. The van der Waals surface area contributed by atoms with Crippen molar-refractivity contribution in [1.29, 1.82) is 0 Å². The minimum Gasteiger partial charge on any atom is -0.506 e. The number of phenols is 1. The Hall–Kier alpha value is -1.18. The van der Waals surface area contributed by atoms with Crippen molar-refractivity contribution in [1.82, 2.24) is 4.98 Å². The van der Waals surface area contributed by atoms with Crippen LogP contribution < -0.4 is 0 Å². The number of aliphatic hydroxyl groups is 1. The highest BCUT2D eigenvalue weighted by Gasteiger charge is 2.32. The maximum Gasteiger partial charge on any atom is 0.313 e. The van der Waals surface area contributed by atoms with Crippen molar-refractivity contribution in [3.8, 4) is 5.75 Å². The number of aromatic hydroxyl groups is 1. The Morgan fingerprint density at radius 3 is 2.43 bits per heavy atom. The number of hydrogen-bond donors (Lipinski definition) is 3. The highest BCUT2D eigenvalue weighted by atomic mass is 35.5.